The number of benzene rings is 2. The third-order valence-electron chi connectivity index (χ3n) is 3.33. The van der Waals surface area contributed by atoms with Crippen LogP contribution in [0.2, 0.25) is 0 Å². The molecule has 0 saturated heterocycles. The molecule has 127 valence electrons. The van der Waals surface area contributed by atoms with Gasteiger partial charge in [0.15, 0.2) is 5.78 Å². The summed E-state index contributed by atoms with van der Waals surface area (Å²) in [6, 6.07) is 10.2. The van der Waals surface area contributed by atoms with Gasteiger partial charge in [-0.2, -0.15) is 0 Å². The van der Waals surface area contributed by atoms with Gasteiger partial charge >= 0.3 is 0 Å². The maximum Gasteiger partial charge on any atom is 0.199 e. The first-order valence-corrected chi connectivity index (χ1v) is 7.57. The second kappa shape index (κ2) is 7.81. The fourth-order valence-electron chi connectivity index (χ4n) is 2.10. The van der Waals surface area contributed by atoms with Gasteiger partial charge in [-0.15, -0.1) is 0 Å². The highest BCUT2D eigenvalue weighted by Crippen LogP contribution is 2.30. The summed E-state index contributed by atoms with van der Waals surface area (Å²) in [6.45, 7) is 4.64. The van der Waals surface area contributed by atoms with E-state index in [2.05, 4.69) is 6.07 Å². The Bertz CT molecular complexity index is 708. The van der Waals surface area contributed by atoms with Crippen LogP contribution >= 0.6 is 0 Å². The molecule has 0 atom stereocenters. The molecule has 2 aromatic rings. The first-order valence-electron chi connectivity index (χ1n) is 7.57. The maximum atomic E-state index is 14.3. The Labute approximate surface area is 141 Å². The van der Waals surface area contributed by atoms with Crippen molar-refractivity contribution in [3.63, 3.8) is 0 Å². The smallest absolute Gasteiger partial charge is 0.199 e. The molecule has 0 saturated carbocycles. The number of carbonyl (C=O) groups excluding carboxylic acids is 1. The Morgan fingerprint density at radius 3 is 2.50 bits per heavy atom. The van der Waals surface area contributed by atoms with Crippen molar-refractivity contribution >= 4 is 5.78 Å². The fourth-order valence-corrected chi connectivity index (χ4v) is 2.10. The van der Waals surface area contributed by atoms with Crippen LogP contribution in [-0.4, -0.2) is 26.6 Å². The van der Waals surface area contributed by atoms with Crippen molar-refractivity contribution in [1.82, 2.24) is 0 Å². The summed E-state index contributed by atoms with van der Waals surface area (Å²) >= 11 is 0. The van der Waals surface area contributed by atoms with Crippen LogP contribution in [0.3, 0.4) is 0 Å². The third-order valence-corrected chi connectivity index (χ3v) is 3.33. The van der Waals surface area contributed by atoms with Crippen molar-refractivity contribution in [3.05, 3.63) is 53.3 Å². The molecule has 24 heavy (non-hydrogen) atoms. The van der Waals surface area contributed by atoms with E-state index in [0.29, 0.717) is 23.8 Å². The molecule has 0 aromatic heterocycles. The number of hydrogen-bond acceptors (Lipinski definition) is 4. The molecular weight excluding hydrogens is 311 g/mol. The molecule has 0 amide bonds. The molecule has 1 radical (unpaired) electrons. The number of rotatable bonds is 7. The van der Waals surface area contributed by atoms with Crippen LogP contribution in [0.4, 0.5) is 4.39 Å². The van der Waals surface area contributed by atoms with Crippen LogP contribution in [0.15, 0.2) is 30.3 Å². The average molecular weight is 331 g/mol. The molecule has 2 rings (SSSR count). The second-order valence-electron chi connectivity index (χ2n) is 5.66. The third kappa shape index (κ3) is 4.04. The first-order chi connectivity index (χ1) is 11.5. The van der Waals surface area contributed by atoms with E-state index >= 15 is 0 Å². The van der Waals surface area contributed by atoms with Crippen LogP contribution in [0.25, 0.3) is 0 Å². The molecule has 0 fully saturated rings. The standard InChI is InChI=1S/C19H20FO4/c1-12(2)11-24-14-7-5-13(6-8-14)19(21)18-16(20)9-15(22-3)10-17(18)23-4/h5-7,9-10,12H,11H2,1-4H3. The summed E-state index contributed by atoms with van der Waals surface area (Å²) in [4.78, 5) is 12.6. The summed E-state index contributed by atoms with van der Waals surface area (Å²) < 4.78 is 29.9. The van der Waals surface area contributed by atoms with Gasteiger partial charge in [0.1, 0.15) is 28.6 Å². The minimum atomic E-state index is -0.698. The summed E-state index contributed by atoms with van der Waals surface area (Å²) in [5, 5.41) is 0. The van der Waals surface area contributed by atoms with Crippen LogP contribution in [0.1, 0.15) is 29.8 Å². The Balaban J connectivity index is 2.28. The molecule has 2 aromatic carbocycles. The first kappa shape index (κ1) is 17.8. The van der Waals surface area contributed by atoms with Gasteiger partial charge in [-0.3, -0.25) is 4.79 Å². The molecule has 0 heterocycles. The SMILES string of the molecule is COc1cc(F)c(C(=O)c2c[c]c(OCC(C)C)cc2)c(OC)c1. The highest BCUT2D eigenvalue weighted by atomic mass is 19.1. The molecule has 0 spiro atoms. The van der Waals surface area contributed by atoms with Gasteiger partial charge in [-0.05, 0) is 24.1 Å². The van der Waals surface area contributed by atoms with E-state index < -0.39 is 11.6 Å². The number of methoxy groups -OCH3 is 2. The van der Waals surface area contributed by atoms with E-state index in [1.54, 1.807) is 12.1 Å². The zero-order valence-electron chi connectivity index (χ0n) is 14.2. The fraction of sp³-hybridized carbons (Fsp3) is 0.316. The number of carbonyl (C=O) groups is 1. The van der Waals surface area contributed by atoms with E-state index in [4.69, 9.17) is 14.2 Å². The lowest BCUT2D eigenvalue weighted by atomic mass is 10.0. The predicted molar refractivity (Wildman–Crippen MR) is 88.5 cm³/mol. The molecule has 0 aliphatic heterocycles. The van der Waals surface area contributed by atoms with Gasteiger partial charge in [-0.25, -0.2) is 4.39 Å². The summed E-state index contributed by atoms with van der Waals surface area (Å²) in [7, 11) is 2.79. The Morgan fingerprint density at radius 2 is 1.96 bits per heavy atom. The summed E-state index contributed by atoms with van der Waals surface area (Å²) in [5.41, 5.74) is 0.164. The van der Waals surface area contributed by atoms with Crippen LogP contribution in [-0.2, 0) is 0 Å². The Hall–Kier alpha value is -2.56. The maximum absolute atomic E-state index is 14.3. The monoisotopic (exact) mass is 331 g/mol. The Morgan fingerprint density at radius 1 is 1.21 bits per heavy atom. The predicted octanol–water partition coefficient (Wildman–Crippen LogP) is 3.91. The summed E-state index contributed by atoms with van der Waals surface area (Å²) in [5.74, 6) is 0.150. The van der Waals surface area contributed by atoms with Crippen LogP contribution in [0.5, 0.6) is 17.2 Å². The largest absolute Gasteiger partial charge is 0.497 e. The van der Waals surface area contributed by atoms with E-state index in [9.17, 15) is 9.18 Å². The van der Waals surface area contributed by atoms with Crippen LogP contribution < -0.4 is 14.2 Å². The van der Waals surface area contributed by atoms with Gasteiger partial charge in [0.2, 0.25) is 0 Å². The van der Waals surface area contributed by atoms with E-state index in [1.807, 2.05) is 13.8 Å². The second-order valence-corrected chi connectivity index (χ2v) is 5.66. The van der Waals surface area contributed by atoms with Crippen molar-refractivity contribution < 1.29 is 23.4 Å². The minimum Gasteiger partial charge on any atom is -0.497 e. The highest BCUT2D eigenvalue weighted by molar-refractivity contribution is 6.11. The van der Waals surface area contributed by atoms with Crippen molar-refractivity contribution in [1.29, 1.82) is 0 Å². The molecule has 0 aliphatic rings. The molecule has 5 heteroatoms. The Kier molecular flexibility index (Phi) is 5.79. The molecule has 4 nitrogen and oxygen atoms in total. The zero-order valence-corrected chi connectivity index (χ0v) is 14.2. The number of hydrogen-bond donors (Lipinski definition) is 0. The average Bonchev–Trinajstić information content (AvgIpc) is 2.58. The summed E-state index contributed by atoms with van der Waals surface area (Å²) in [6.07, 6.45) is 0. The quantitative estimate of drug-likeness (QED) is 0.722. The highest BCUT2D eigenvalue weighted by Gasteiger charge is 2.21. The molecule has 0 N–H and O–H groups in total. The molecular formula is C19H20FO4. The van der Waals surface area contributed by atoms with Gasteiger partial charge in [0.05, 0.1) is 20.8 Å². The van der Waals surface area contributed by atoms with E-state index in [0.717, 1.165) is 6.07 Å². The normalized spacial score (nSPS) is 10.6. The topological polar surface area (TPSA) is 44.8 Å². The number of halogens is 1. The zero-order chi connectivity index (χ0) is 17.7. The van der Waals surface area contributed by atoms with Gasteiger partial charge in [-0.1, -0.05) is 13.8 Å². The lowest BCUT2D eigenvalue weighted by molar-refractivity contribution is 0.103. The van der Waals surface area contributed by atoms with Crippen molar-refractivity contribution in [2.24, 2.45) is 5.92 Å². The minimum absolute atomic E-state index is 0.122. The van der Waals surface area contributed by atoms with Crippen molar-refractivity contribution in [3.8, 4) is 17.2 Å². The van der Waals surface area contributed by atoms with Crippen molar-refractivity contribution in [2.75, 3.05) is 20.8 Å². The van der Waals surface area contributed by atoms with Gasteiger partial charge in [0.25, 0.3) is 0 Å². The van der Waals surface area contributed by atoms with Crippen LogP contribution in [0, 0.1) is 17.8 Å². The van der Waals surface area contributed by atoms with Gasteiger partial charge in [0, 0.05) is 23.8 Å². The lowest BCUT2D eigenvalue weighted by Crippen LogP contribution is -2.08. The lowest BCUT2D eigenvalue weighted by Gasteiger charge is -2.12. The number of ether oxygens (including phenoxy) is 3. The van der Waals surface area contributed by atoms with Crippen molar-refractivity contribution in [2.45, 2.75) is 13.8 Å². The number of ketones is 1. The molecule has 0 aliphatic carbocycles. The van der Waals surface area contributed by atoms with Gasteiger partial charge < -0.3 is 14.2 Å². The molecule has 0 bridgehead atoms. The van der Waals surface area contributed by atoms with E-state index in [1.165, 1.54) is 26.4 Å². The van der Waals surface area contributed by atoms with E-state index in [-0.39, 0.29) is 17.1 Å². The molecule has 0 unspecified atom stereocenters.